The van der Waals surface area contributed by atoms with Gasteiger partial charge in [0.1, 0.15) is 0 Å². The van der Waals surface area contributed by atoms with E-state index in [0.29, 0.717) is 6.42 Å². The number of fused-ring (bicyclic) bond motifs is 2. The summed E-state index contributed by atoms with van der Waals surface area (Å²) in [5.41, 5.74) is 4.55. The van der Waals surface area contributed by atoms with E-state index in [-0.39, 0.29) is 12.7 Å². The summed E-state index contributed by atoms with van der Waals surface area (Å²) in [5.74, 6) is 1.62. The maximum Gasteiger partial charge on any atom is 0.231 e. The molecular formula is C22H23N3O3S. The number of benzene rings is 2. The van der Waals surface area contributed by atoms with Crippen LogP contribution in [0.5, 0.6) is 11.5 Å². The number of thiazole rings is 1. The van der Waals surface area contributed by atoms with Gasteiger partial charge in [-0.25, -0.2) is 4.98 Å². The van der Waals surface area contributed by atoms with Gasteiger partial charge in [0.15, 0.2) is 16.6 Å². The van der Waals surface area contributed by atoms with Gasteiger partial charge in [0.25, 0.3) is 0 Å². The van der Waals surface area contributed by atoms with Crippen molar-refractivity contribution in [3.63, 3.8) is 0 Å². The number of piperazine rings is 1. The minimum absolute atomic E-state index is 0.152. The van der Waals surface area contributed by atoms with E-state index in [9.17, 15) is 4.79 Å². The molecule has 0 N–H and O–H groups in total. The lowest BCUT2D eigenvalue weighted by molar-refractivity contribution is -0.130. The van der Waals surface area contributed by atoms with E-state index in [1.54, 1.807) is 11.3 Å². The third kappa shape index (κ3) is 3.51. The van der Waals surface area contributed by atoms with Gasteiger partial charge in [0.05, 0.1) is 16.6 Å². The molecule has 0 saturated carbocycles. The summed E-state index contributed by atoms with van der Waals surface area (Å²) in [7, 11) is 0. The third-order valence-corrected chi connectivity index (χ3v) is 6.77. The summed E-state index contributed by atoms with van der Waals surface area (Å²) in [6, 6.07) is 10.1. The number of carbonyl (C=O) groups is 1. The molecule has 1 saturated heterocycles. The van der Waals surface area contributed by atoms with Crippen molar-refractivity contribution >= 4 is 32.6 Å². The lowest BCUT2D eigenvalue weighted by Crippen LogP contribution is -2.49. The second kappa shape index (κ2) is 7.22. The summed E-state index contributed by atoms with van der Waals surface area (Å²) < 4.78 is 12.0. The first-order valence-electron chi connectivity index (χ1n) is 9.86. The number of aromatic nitrogens is 1. The van der Waals surface area contributed by atoms with Crippen molar-refractivity contribution in [1.82, 2.24) is 9.88 Å². The van der Waals surface area contributed by atoms with Gasteiger partial charge in [-0.2, -0.15) is 0 Å². The standard InChI is InChI=1S/C22H23N3O3S/c1-14-9-15(2)21-17(10-14)23-22(29-21)25-7-5-24(6-8-25)20(26)12-16-3-4-18-19(11-16)28-13-27-18/h3-4,9-11H,5-8,12-13H2,1-2H3. The van der Waals surface area contributed by atoms with E-state index in [4.69, 9.17) is 14.5 Å². The Hall–Kier alpha value is -2.80. The van der Waals surface area contributed by atoms with Crippen LogP contribution in [0.3, 0.4) is 0 Å². The molecule has 7 heteroatoms. The van der Waals surface area contributed by atoms with Crippen LogP contribution < -0.4 is 14.4 Å². The molecule has 2 aromatic carbocycles. The molecule has 6 nitrogen and oxygen atoms in total. The molecule has 0 aliphatic carbocycles. The molecule has 3 heterocycles. The van der Waals surface area contributed by atoms with E-state index in [0.717, 1.165) is 53.9 Å². The SMILES string of the molecule is Cc1cc(C)c2sc(N3CCN(C(=O)Cc4ccc5c(c4)OCO5)CC3)nc2c1. The molecule has 5 rings (SSSR count). The highest BCUT2D eigenvalue weighted by molar-refractivity contribution is 7.22. The number of ether oxygens (including phenoxy) is 2. The number of aryl methyl sites for hydroxylation is 2. The Balaban J connectivity index is 1.23. The van der Waals surface area contributed by atoms with Gasteiger partial charge in [0.2, 0.25) is 12.7 Å². The highest BCUT2D eigenvalue weighted by atomic mass is 32.1. The van der Waals surface area contributed by atoms with Gasteiger partial charge in [-0.1, -0.05) is 23.5 Å². The van der Waals surface area contributed by atoms with Gasteiger partial charge < -0.3 is 19.3 Å². The molecule has 0 spiro atoms. The van der Waals surface area contributed by atoms with Crippen molar-refractivity contribution in [3.05, 3.63) is 47.0 Å². The van der Waals surface area contributed by atoms with Crippen molar-refractivity contribution < 1.29 is 14.3 Å². The summed E-state index contributed by atoms with van der Waals surface area (Å²) in [6.07, 6.45) is 0.385. The zero-order valence-electron chi connectivity index (χ0n) is 16.6. The summed E-state index contributed by atoms with van der Waals surface area (Å²) in [6.45, 7) is 7.56. The van der Waals surface area contributed by atoms with Crippen molar-refractivity contribution in [2.45, 2.75) is 20.3 Å². The zero-order chi connectivity index (χ0) is 20.0. The number of nitrogens with zero attached hydrogens (tertiary/aromatic N) is 3. The minimum atomic E-state index is 0.152. The van der Waals surface area contributed by atoms with Crippen LogP contribution in [0.4, 0.5) is 5.13 Å². The fraction of sp³-hybridized carbons (Fsp3) is 0.364. The van der Waals surface area contributed by atoms with Crippen LogP contribution in [0.1, 0.15) is 16.7 Å². The molecule has 2 aliphatic rings. The lowest BCUT2D eigenvalue weighted by atomic mass is 10.1. The second-order valence-corrected chi connectivity index (χ2v) is 8.64. The Bertz CT molecular complexity index is 1090. The molecule has 0 bridgehead atoms. The highest BCUT2D eigenvalue weighted by Gasteiger charge is 2.24. The Morgan fingerprint density at radius 3 is 2.69 bits per heavy atom. The summed E-state index contributed by atoms with van der Waals surface area (Å²) in [5, 5.41) is 1.05. The third-order valence-electron chi connectivity index (χ3n) is 5.50. The van der Waals surface area contributed by atoms with Gasteiger partial charge >= 0.3 is 0 Å². The first-order chi connectivity index (χ1) is 14.1. The number of amides is 1. The predicted molar refractivity (Wildman–Crippen MR) is 114 cm³/mol. The van der Waals surface area contributed by atoms with Gasteiger partial charge in [-0.05, 0) is 48.7 Å². The van der Waals surface area contributed by atoms with Gasteiger partial charge in [-0.15, -0.1) is 0 Å². The molecule has 0 unspecified atom stereocenters. The molecule has 2 aliphatic heterocycles. The number of anilines is 1. The molecule has 3 aromatic rings. The van der Waals surface area contributed by atoms with Crippen molar-refractivity contribution in [1.29, 1.82) is 0 Å². The number of hydrogen-bond acceptors (Lipinski definition) is 6. The van der Waals surface area contributed by atoms with Crippen molar-refractivity contribution in [2.24, 2.45) is 0 Å². The summed E-state index contributed by atoms with van der Waals surface area (Å²) in [4.78, 5) is 21.8. The van der Waals surface area contributed by atoms with Crippen LogP contribution in [0.2, 0.25) is 0 Å². The molecule has 0 atom stereocenters. The monoisotopic (exact) mass is 409 g/mol. The zero-order valence-corrected chi connectivity index (χ0v) is 17.4. The lowest BCUT2D eigenvalue weighted by Gasteiger charge is -2.34. The Morgan fingerprint density at radius 1 is 1.07 bits per heavy atom. The van der Waals surface area contributed by atoms with Crippen molar-refractivity contribution in [2.75, 3.05) is 37.9 Å². The topological polar surface area (TPSA) is 54.9 Å². The smallest absolute Gasteiger partial charge is 0.231 e. The molecule has 1 aromatic heterocycles. The van der Waals surface area contributed by atoms with E-state index in [2.05, 4.69) is 30.9 Å². The number of hydrogen-bond donors (Lipinski definition) is 0. The molecule has 1 fully saturated rings. The van der Waals surface area contributed by atoms with E-state index >= 15 is 0 Å². The number of carbonyl (C=O) groups excluding carboxylic acids is 1. The van der Waals surface area contributed by atoms with Gasteiger partial charge in [-0.3, -0.25) is 4.79 Å². The van der Waals surface area contributed by atoms with Crippen LogP contribution in [-0.2, 0) is 11.2 Å². The van der Waals surface area contributed by atoms with Crippen LogP contribution >= 0.6 is 11.3 Å². The molecule has 0 radical (unpaired) electrons. The van der Waals surface area contributed by atoms with Crippen molar-refractivity contribution in [3.8, 4) is 11.5 Å². The van der Waals surface area contributed by atoms with Crippen LogP contribution in [-0.4, -0.2) is 48.8 Å². The summed E-state index contributed by atoms with van der Waals surface area (Å²) >= 11 is 1.75. The van der Waals surface area contributed by atoms with E-state index in [1.165, 1.54) is 15.8 Å². The van der Waals surface area contributed by atoms with Gasteiger partial charge in [0, 0.05) is 26.2 Å². The first-order valence-corrected chi connectivity index (χ1v) is 10.7. The fourth-order valence-corrected chi connectivity index (χ4v) is 5.05. The molecule has 1 amide bonds. The molecule has 150 valence electrons. The second-order valence-electron chi connectivity index (χ2n) is 7.66. The molecular weight excluding hydrogens is 386 g/mol. The highest BCUT2D eigenvalue weighted by Crippen LogP contribution is 2.34. The maximum atomic E-state index is 12.8. The quantitative estimate of drug-likeness (QED) is 0.662. The normalized spacial score (nSPS) is 15.9. The average Bonchev–Trinajstić information content (AvgIpc) is 3.34. The average molecular weight is 410 g/mol. The largest absolute Gasteiger partial charge is 0.454 e. The Kier molecular flexibility index (Phi) is 4.54. The van der Waals surface area contributed by atoms with Crippen LogP contribution in [0, 0.1) is 13.8 Å². The van der Waals surface area contributed by atoms with E-state index < -0.39 is 0 Å². The fourth-order valence-electron chi connectivity index (χ4n) is 3.98. The van der Waals surface area contributed by atoms with E-state index in [1.807, 2.05) is 23.1 Å². The van der Waals surface area contributed by atoms with Crippen LogP contribution in [0.25, 0.3) is 10.2 Å². The predicted octanol–water partition coefficient (Wildman–Crippen LogP) is 3.53. The Labute approximate surface area is 173 Å². The minimum Gasteiger partial charge on any atom is -0.454 e. The molecule has 29 heavy (non-hydrogen) atoms. The Morgan fingerprint density at radius 2 is 1.86 bits per heavy atom. The number of rotatable bonds is 3. The maximum absolute atomic E-state index is 12.8. The van der Waals surface area contributed by atoms with Crippen LogP contribution in [0.15, 0.2) is 30.3 Å². The first kappa shape index (κ1) is 18.2.